The normalized spacial score (nSPS) is 11.9. The van der Waals surface area contributed by atoms with Crippen molar-refractivity contribution in [2.45, 2.75) is 16.5 Å². The summed E-state index contributed by atoms with van der Waals surface area (Å²) < 4.78 is 28.9. The van der Waals surface area contributed by atoms with Gasteiger partial charge in [0.2, 0.25) is 14.9 Å². The van der Waals surface area contributed by atoms with Crippen LogP contribution in [0.1, 0.15) is 5.56 Å². The van der Waals surface area contributed by atoms with E-state index in [0.29, 0.717) is 17.4 Å². The van der Waals surface area contributed by atoms with Gasteiger partial charge in [-0.05, 0) is 41.3 Å². The topological polar surface area (TPSA) is 80.5 Å². The van der Waals surface area contributed by atoms with E-state index in [-0.39, 0.29) is 15.6 Å². The summed E-state index contributed by atoms with van der Waals surface area (Å²) in [5.41, 5.74) is 2.07. The number of rotatable bonds is 5. The first kappa shape index (κ1) is 19.9. The molecular formula is C21H16ClN5O2S2. The van der Waals surface area contributed by atoms with Gasteiger partial charge in [-0.3, -0.25) is 0 Å². The molecule has 3 aromatic heterocycles. The number of benzene rings is 2. The second-order valence-electron chi connectivity index (χ2n) is 7.00. The van der Waals surface area contributed by atoms with Gasteiger partial charge in [-0.1, -0.05) is 47.1 Å². The Hall–Kier alpha value is -3.01. The monoisotopic (exact) mass is 469 g/mol. The molecule has 0 unspecified atom stereocenters. The number of halogens is 1. The lowest BCUT2D eigenvalue weighted by Crippen LogP contribution is -2.18. The third-order valence-corrected chi connectivity index (χ3v) is 7.72. The lowest BCUT2D eigenvalue weighted by atomic mass is 10.2. The van der Waals surface area contributed by atoms with Crippen LogP contribution in [0, 0.1) is 0 Å². The Bertz CT molecular complexity index is 1500. The molecule has 0 N–H and O–H groups in total. The van der Waals surface area contributed by atoms with Gasteiger partial charge in [-0.2, -0.15) is 4.52 Å². The van der Waals surface area contributed by atoms with Gasteiger partial charge in [0.1, 0.15) is 0 Å². The van der Waals surface area contributed by atoms with Gasteiger partial charge in [-0.15, -0.1) is 16.4 Å². The number of nitrogens with zero attached hydrogens (tertiary/aromatic N) is 5. The first-order valence-corrected chi connectivity index (χ1v) is 12.1. The molecule has 0 bridgehead atoms. The zero-order valence-electron chi connectivity index (χ0n) is 16.3. The Morgan fingerprint density at radius 2 is 1.81 bits per heavy atom. The Morgan fingerprint density at radius 3 is 2.55 bits per heavy atom. The smallest absolute Gasteiger partial charge is 0.229 e. The summed E-state index contributed by atoms with van der Waals surface area (Å²) in [5, 5.41) is 10.3. The highest BCUT2D eigenvalue weighted by Gasteiger charge is 2.28. The fraction of sp³-hybridized carbons (Fsp3) is 0.0952. The Kier molecular flexibility index (Phi) is 4.88. The summed E-state index contributed by atoms with van der Waals surface area (Å²) in [6.07, 6.45) is 0. The van der Waals surface area contributed by atoms with Gasteiger partial charge in [0.05, 0.1) is 15.1 Å². The zero-order chi connectivity index (χ0) is 21.6. The largest absolute Gasteiger partial charge is 0.354 e. The van der Waals surface area contributed by atoms with E-state index < -0.39 is 9.84 Å². The average molecular weight is 470 g/mol. The van der Waals surface area contributed by atoms with Gasteiger partial charge in [0.25, 0.3) is 0 Å². The Morgan fingerprint density at radius 1 is 1.06 bits per heavy atom. The number of anilines is 1. The number of fused-ring (bicyclic) bond motifs is 3. The predicted molar refractivity (Wildman–Crippen MR) is 122 cm³/mol. The SMILES string of the molecule is CN(Cc1ccccc1)c1nc2c(S(=O)(=O)c3ccc(Cl)cc3)nnn2c2ccsc12. The minimum atomic E-state index is -3.92. The summed E-state index contributed by atoms with van der Waals surface area (Å²) in [4.78, 5) is 6.80. The van der Waals surface area contributed by atoms with Crippen molar-refractivity contribution >= 4 is 54.5 Å². The first-order valence-electron chi connectivity index (χ1n) is 9.33. The molecule has 0 radical (unpaired) electrons. The number of aromatic nitrogens is 4. The standard InChI is InChI=1S/C21H16ClN5O2S2/c1-26(13-14-5-3-2-4-6-14)19-18-17(11-12-30-18)27-20(23-19)21(24-25-27)31(28,29)16-9-7-15(22)8-10-16/h2-12H,13H2,1H3. The molecule has 0 saturated carbocycles. The van der Waals surface area contributed by atoms with Crippen molar-refractivity contribution in [3.05, 3.63) is 76.6 Å². The third kappa shape index (κ3) is 3.44. The van der Waals surface area contributed by atoms with Gasteiger partial charge >= 0.3 is 0 Å². The molecule has 0 aliphatic carbocycles. The van der Waals surface area contributed by atoms with E-state index in [1.54, 1.807) is 0 Å². The maximum Gasteiger partial charge on any atom is 0.229 e. The fourth-order valence-corrected chi connectivity index (χ4v) is 5.67. The van der Waals surface area contributed by atoms with Crippen molar-refractivity contribution in [1.82, 2.24) is 19.8 Å². The number of hydrogen-bond donors (Lipinski definition) is 0. The minimum Gasteiger partial charge on any atom is -0.354 e. The Labute approximate surface area is 187 Å². The highest BCUT2D eigenvalue weighted by atomic mass is 35.5. The van der Waals surface area contributed by atoms with Crippen LogP contribution >= 0.6 is 22.9 Å². The van der Waals surface area contributed by atoms with E-state index >= 15 is 0 Å². The van der Waals surface area contributed by atoms with E-state index in [0.717, 1.165) is 15.8 Å². The van der Waals surface area contributed by atoms with Gasteiger partial charge in [0, 0.05) is 18.6 Å². The molecule has 0 atom stereocenters. The molecule has 0 aliphatic rings. The molecule has 31 heavy (non-hydrogen) atoms. The number of sulfone groups is 1. The quantitative estimate of drug-likeness (QED) is 0.378. The number of thiophene rings is 1. The molecule has 0 aliphatic heterocycles. The molecule has 0 amide bonds. The number of hydrogen-bond acceptors (Lipinski definition) is 7. The highest BCUT2D eigenvalue weighted by Crippen LogP contribution is 2.33. The summed E-state index contributed by atoms with van der Waals surface area (Å²) in [6, 6.07) is 17.9. The summed E-state index contributed by atoms with van der Waals surface area (Å²) in [6.45, 7) is 0.623. The second-order valence-corrected chi connectivity index (χ2v) is 10.2. The van der Waals surface area contributed by atoms with Crippen LogP contribution in [0.3, 0.4) is 0 Å². The molecule has 0 saturated heterocycles. The van der Waals surface area contributed by atoms with Crippen molar-refractivity contribution in [2.75, 3.05) is 11.9 Å². The van der Waals surface area contributed by atoms with Crippen molar-refractivity contribution in [3.8, 4) is 0 Å². The lowest BCUT2D eigenvalue weighted by Gasteiger charge is -2.19. The van der Waals surface area contributed by atoms with Crippen molar-refractivity contribution in [1.29, 1.82) is 0 Å². The Balaban J connectivity index is 1.67. The predicted octanol–water partition coefficient (Wildman–Crippen LogP) is 4.46. The molecule has 5 aromatic rings. The van der Waals surface area contributed by atoms with Crippen molar-refractivity contribution in [2.24, 2.45) is 0 Å². The van der Waals surface area contributed by atoms with Crippen molar-refractivity contribution in [3.63, 3.8) is 0 Å². The fourth-order valence-electron chi connectivity index (χ4n) is 3.40. The molecule has 156 valence electrons. The van der Waals surface area contributed by atoms with Crippen LogP contribution in [0.4, 0.5) is 5.82 Å². The van der Waals surface area contributed by atoms with E-state index in [4.69, 9.17) is 16.6 Å². The molecular weight excluding hydrogens is 454 g/mol. The van der Waals surface area contributed by atoms with E-state index in [9.17, 15) is 8.42 Å². The molecule has 5 rings (SSSR count). The first-order chi connectivity index (χ1) is 14.9. The van der Waals surface area contributed by atoms with Crippen LogP contribution < -0.4 is 4.90 Å². The van der Waals surface area contributed by atoms with E-state index in [2.05, 4.69) is 10.3 Å². The third-order valence-electron chi connectivity index (χ3n) is 4.91. The molecule has 3 heterocycles. The van der Waals surface area contributed by atoms with Crippen LogP contribution in [0.25, 0.3) is 15.9 Å². The van der Waals surface area contributed by atoms with Gasteiger partial charge < -0.3 is 4.90 Å². The van der Waals surface area contributed by atoms with Crippen LogP contribution in [0.15, 0.2) is 76.0 Å². The maximum atomic E-state index is 13.3. The van der Waals surface area contributed by atoms with Crippen LogP contribution in [0.2, 0.25) is 5.02 Å². The molecule has 2 aromatic carbocycles. The van der Waals surface area contributed by atoms with E-state index in [1.807, 2.05) is 53.7 Å². The minimum absolute atomic E-state index is 0.0886. The highest BCUT2D eigenvalue weighted by molar-refractivity contribution is 7.91. The zero-order valence-corrected chi connectivity index (χ0v) is 18.7. The molecule has 0 spiro atoms. The van der Waals surface area contributed by atoms with Crippen LogP contribution in [-0.2, 0) is 16.4 Å². The molecule has 0 fully saturated rings. The maximum absolute atomic E-state index is 13.3. The summed E-state index contributed by atoms with van der Waals surface area (Å²) in [7, 11) is -1.99. The molecule has 10 heteroatoms. The second kappa shape index (κ2) is 7.60. The summed E-state index contributed by atoms with van der Waals surface area (Å²) in [5.74, 6) is 0.677. The van der Waals surface area contributed by atoms with Crippen LogP contribution in [-0.4, -0.2) is 35.3 Å². The average Bonchev–Trinajstić information content (AvgIpc) is 3.41. The molecule has 7 nitrogen and oxygen atoms in total. The van der Waals surface area contributed by atoms with Crippen LogP contribution in [0.5, 0.6) is 0 Å². The lowest BCUT2D eigenvalue weighted by molar-refractivity contribution is 0.592. The van der Waals surface area contributed by atoms with E-state index in [1.165, 1.54) is 40.1 Å². The summed E-state index contributed by atoms with van der Waals surface area (Å²) >= 11 is 7.44. The van der Waals surface area contributed by atoms with Gasteiger partial charge in [-0.25, -0.2) is 13.4 Å². The van der Waals surface area contributed by atoms with Crippen molar-refractivity contribution < 1.29 is 8.42 Å². The van der Waals surface area contributed by atoms with Gasteiger partial charge in [0.15, 0.2) is 11.5 Å².